The summed E-state index contributed by atoms with van der Waals surface area (Å²) in [6.45, 7) is 16.4. The van der Waals surface area contributed by atoms with Gasteiger partial charge in [0.1, 0.15) is 0 Å². The van der Waals surface area contributed by atoms with Gasteiger partial charge in [0.05, 0.1) is 0 Å². The Hall–Kier alpha value is -2.08. The normalized spacial score (nSPS) is 7.90. The van der Waals surface area contributed by atoms with Crippen LogP contribution in [0.4, 0.5) is 0 Å². The summed E-state index contributed by atoms with van der Waals surface area (Å²) in [5, 5.41) is 0. The van der Waals surface area contributed by atoms with E-state index in [4.69, 9.17) is 0 Å². The van der Waals surface area contributed by atoms with Crippen molar-refractivity contribution in [3.05, 3.63) is 98.1 Å². The van der Waals surface area contributed by atoms with E-state index in [2.05, 4.69) is 94.8 Å². The highest BCUT2D eigenvalue weighted by molar-refractivity contribution is 5.14. The SMILES string of the molecule is C=C.C=C.CCCc1ccccc1.CCc1ccccc1. The molecule has 0 saturated heterocycles. The summed E-state index contributed by atoms with van der Waals surface area (Å²) >= 11 is 0. The highest BCUT2D eigenvalue weighted by atomic mass is 13.9. The molecule has 21 heavy (non-hydrogen) atoms. The highest BCUT2D eigenvalue weighted by Gasteiger charge is 1.84. The molecule has 0 amide bonds. The summed E-state index contributed by atoms with van der Waals surface area (Å²) in [6, 6.07) is 21.0. The summed E-state index contributed by atoms with van der Waals surface area (Å²) in [4.78, 5) is 0. The first kappa shape index (κ1) is 21.2. The number of benzene rings is 2. The fourth-order valence-electron chi connectivity index (χ4n) is 1.65. The zero-order valence-electron chi connectivity index (χ0n) is 13.7. The van der Waals surface area contributed by atoms with E-state index in [-0.39, 0.29) is 0 Å². The molecular weight excluding hydrogens is 252 g/mol. The lowest BCUT2D eigenvalue weighted by molar-refractivity contribution is 0.922. The average Bonchev–Trinajstić information content (AvgIpc) is 2.61. The minimum absolute atomic E-state index is 1.14. The zero-order valence-corrected chi connectivity index (χ0v) is 13.7. The smallest absolute Gasteiger partial charge is 0.0281 e. The molecule has 2 rings (SSSR count). The van der Waals surface area contributed by atoms with Crippen LogP contribution >= 0.6 is 0 Å². The van der Waals surface area contributed by atoms with Gasteiger partial charge in [-0.25, -0.2) is 0 Å². The van der Waals surface area contributed by atoms with Gasteiger partial charge in [0.25, 0.3) is 0 Å². The number of rotatable bonds is 3. The summed E-state index contributed by atoms with van der Waals surface area (Å²) < 4.78 is 0. The Kier molecular flexibility index (Phi) is 18.1. The molecule has 2 aromatic rings. The van der Waals surface area contributed by atoms with Crippen molar-refractivity contribution >= 4 is 0 Å². The van der Waals surface area contributed by atoms with Crippen LogP contribution in [0.3, 0.4) is 0 Å². The van der Waals surface area contributed by atoms with Crippen molar-refractivity contribution in [1.29, 1.82) is 0 Å². The Morgan fingerprint density at radius 2 is 1.00 bits per heavy atom. The van der Waals surface area contributed by atoms with Gasteiger partial charge < -0.3 is 0 Å². The largest absolute Gasteiger partial charge is 0.106 e. The summed E-state index contributed by atoms with van der Waals surface area (Å²) in [5.74, 6) is 0. The first-order chi connectivity index (χ1) is 10.4. The second-order valence-corrected chi connectivity index (χ2v) is 4.07. The van der Waals surface area contributed by atoms with Crippen LogP contribution in [0.15, 0.2) is 87.0 Å². The predicted octanol–water partition coefficient (Wildman–Crippen LogP) is 6.49. The predicted molar refractivity (Wildman–Crippen MR) is 98.8 cm³/mol. The number of hydrogen-bond donors (Lipinski definition) is 0. The lowest BCUT2D eigenvalue weighted by atomic mass is 10.1. The van der Waals surface area contributed by atoms with E-state index in [9.17, 15) is 0 Å². The van der Waals surface area contributed by atoms with Gasteiger partial charge in [-0.3, -0.25) is 0 Å². The van der Waals surface area contributed by atoms with Gasteiger partial charge in [-0.15, -0.1) is 26.3 Å². The van der Waals surface area contributed by atoms with Gasteiger partial charge in [-0.1, -0.05) is 80.9 Å². The molecule has 0 spiro atoms. The Bertz CT molecular complexity index is 401. The van der Waals surface area contributed by atoms with E-state index in [0.717, 1.165) is 6.42 Å². The quantitative estimate of drug-likeness (QED) is 0.564. The van der Waals surface area contributed by atoms with E-state index in [1.807, 2.05) is 6.07 Å². The molecule has 0 bridgehead atoms. The van der Waals surface area contributed by atoms with Crippen molar-refractivity contribution < 1.29 is 0 Å². The molecule has 0 aliphatic rings. The van der Waals surface area contributed by atoms with E-state index in [1.165, 1.54) is 24.0 Å². The fraction of sp³-hybridized carbons (Fsp3) is 0.238. The molecule has 0 atom stereocenters. The van der Waals surface area contributed by atoms with Crippen LogP contribution in [-0.4, -0.2) is 0 Å². The van der Waals surface area contributed by atoms with Gasteiger partial charge >= 0.3 is 0 Å². The van der Waals surface area contributed by atoms with Crippen LogP contribution in [0.25, 0.3) is 0 Å². The van der Waals surface area contributed by atoms with E-state index in [1.54, 1.807) is 0 Å². The molecular formula is C21H30. The van der Waals surface area contributed by atoms with E-state index in [0.29, 0.717) is 0 Å². The van der Waals surface area contributed by atoms with Crippen LogP contribution in [0.1, 0.15) is 31.4 Å². The Morgan fingerprint density at radius 3 is 1.29 bits per heavy atom. The maximum absolute atomic E-state index is 3.00. The molecule has 2 aromatic carbocycles. The van der Waals surface area contributed by atoms with Crippen molar-refractivity contribution in [2.24, 2.45) is 0 Å². The van der Waals surface area contributed by atoms with E-state index < -0.39 is 0 Å². The van der Waals surface area contributed by atoms with Crippen molar-refractivity contribution in [2.75, 3.05) is 0 Å². The maximum atomic E-state index is 3.00. The summed E-state index contributed by atoms with van der Waals surface area (Å²) in [7, 11) is 0. The third kappa shape index (κ3) is 12.7. The van der Waals surface area contributed by atoms with Crippen molar-refractivity contribution in [3.63, 3.8) is 0 Å². The minimum atomic E-state index is 1.14. The molecule has 114 valence electrons. The molecule has 0 aliphatic heterocycles. The molecule has 0 aliphatic carbocycles. The number of hydrogen-bond acceptors (Lipinski definition) is 0. The van der Waals surface area contributed by atoms with Gasteiger partial charge in [-0.05, 0) is 24.0 Å². The van der Waals surface area contributed by atoms with Crippen molar-refractivity contribution in [3.8, 4) is 0 Å². The molecule has 0 N–H and O–H groups in total. The van der Waals surface area contributed by atoms with Gasteiger partial charge in [0, 0.05) is 0 Å². The first-order valence-corrected chi connectivity index (χ1v) is 7.44. The number of aryl methyl sites for hydroxylation is 2. The Morgan fingerprint density at radius 1 is 0.619 bits per heavy atom. The van der Waals surface area contributed by atoms with E-state index >= 15 is 0 Å². The molecule has 0 heteroatoms. The topological polar surface area (TPSA) is 0 Å². The Labute approximate surface area is 131 Å². The molecule has 0 radical (unpaired) electrons. The van der Waals surface area contributed by atoms with Crippen LogP contribution in [0.5, 0.6) is 0 Å². The monoisotopic (exact) mass is 282 g/mol. The van der Waals surface area contributed by atoms with Crippen LogP contribution in [-0.2, 0) is 12.8 Å². The first-order valence-electron chi connectivity index (χ1n) is 7.44. The maximum Gasteiger partial charge on any atom is -0.0281 e. The fourth-order valence-corrected chi connectivity index (χ4v) is 1.65. The third-order valence-electron chi connectivity index (χ3n) is 2.63. The van der Waals surface area contributed by atoms with Crippen LogP contribution in [0.2, 0.25) is 0 Å². The van der Waals surface area contributed by atoms with Crippen molar-refractivity contribution in [2.45, 2.75) is 33.1 Å². The molecule has 0 fully saturated rings. The van der Waals surface area contributed by atoms with Crippen molar-refractivity contribution in [1.82, 2.24) is 0 Å². The summed E-state index contributed by atoms with van der Waals surface area (Å²) in [6.07, 6.45) is 3.59. The minimum Gasteiger partial charge on any atom is -0.106 e. The average molecular weight is 282 g/mol. The van der Waals surface area contributed by atoms with Gasteiger partial charge in [0.2, 0.25) is 0 Å². The molecule has 0 nitrogen and oxygen atoms in total. The zero-order chi connectivity index (χ0) is 16.3. The van der Waals surface area contributed by atoms with Crippen LogP contribution < -0.4 is 0 Å². The lowest BCUT2D eigenvalue weighted by Gasteiger charge is -1.93. The van der Waals surface area contributed by atoms with Gasteiger partial charge in [0.15, 0.2) is 0 Å². The summed E-state index contributed by atoms with van der Waals surface area (Å²) in [5.41, 5.74) is 2.85. The standard InChI is InChI=1S/C9H12.C8H10.2C2H4/c1-2-6-9-7-4-3-5-8-9;1-2-8-6-4-3-5-7-8;2*1-2/h3-5,7-8H,2,6H2,1H3;3-7H,2H2,1H3;2*1-2H2. The highest BCUT2D eigenvalue weighted by Crippen LogP contribution is 2.00. The molecule has 0 heterocycles. The molecule has 0 saturated carbocycles. The molecule has 0 aromatic heterocycles. The third-order valence-corrected chi connectivity index (χ3v) is 2.63. The Balaban J connectivity index is 0. The second kappa shape index (κ2) is 17.9. The van der Waals surface area contributed by atoms with Gasteiger partial charge in [-0.2, -0.15) is 0 Å². The second-order valence-electron chi connectivity index (χ2n) is 4.07. The molecule has 0 unspecified atom stereocenters. The lowest BCUT2D eigenvalue weighted by Crippen LogP contribution is -1.78. The van der Waals surface area contributed by atoms with Crippen LogP contribution in [0, 0.1) is 0 Å².